The molecule has 1 N–H and O–H groups in total. The van der Waals surface area contributed by atoms with E-state index in [-0.39, 0.29) is 0 Å². The maximum Gasteiger partial charge on any atom is 0.138 e. The fourth-order valence-electron chi connectivity index (χ4n) is 2.89. The van der Waals surface area contributed by atoms with Crippen LogP contribution in [0.3, 0.4) is 0 Å². The van der Waals surface area contributed by atoms with Crippen molar-refractivity contribution in [3.8, 4) is 0 Å². The van der Waals surface area contributed by atoms with E-state index in [1.54, 1.807) is 0 Å². The average Bonchev–Trinajstić information content (AvgIpc) is 2.84. The molecular formula is C15H19NO2. The Morgan fingerprint density at radius 3 is 2.83 bits per heavy atom. The highest BCUT2D eigenvalue weighted by Gasteiger charge is 2.42. The number of furan rings is 1. The van der Waals surface area contributed by atoms with Crippen molar-refractivity contribution < 1.29 is 9.52 Å². The van der Waals surface area contributed by atoms with Crippen LogP contribution in [0.1, 0.15) is 24.7 Å². The second kappa shape index (κ2) is 3.84. The lowest BCUT2D eigenvalue weighted by Gasteiger charge is -2.19. The van der Waals surface area contributed by atoms with Crippen LogP contribution in [-0.2, 0) is 5.60 Å². The molecule has 18 heavy (non-hydrogen) atoms. The Morgan fingerprint density at radius 2 is 2.22 bits per heavy atom. The second-order valence-electron chi connectivity index (χ2n) is 5.60. The second-order valence-corrected chi connectivity index (χ2v) is 5.60. The van der Waals surface area contributed by atoms with Gasteiger partial charge in [0.15, 0.2) is 0 Å². The van der Waals surface area contributed by atoms with Crippen molar-refractivity contribution >= 4 is 11.0 Å². The highest BCUT2D eigenvalue weighted by molar-refractivity contribution is 5.81. The lowest BCUT2D eigenvalue weighted by molar-refractivity contribution is 0.0278. The standard InChI is InChI=1S/C15H19NO2/c1-10-5-4-6-12-7-13(18-14(10)12)15(17)8-11(2)16(3)9-15/h4-7,11,17H,8-9H2,1-3H3. The van der Waals surface area contributed by atoms with Gasteiger partial charge in [0, 0.05) is 18.0 Å². The highest BCUT2D eigenvalue weighted by atomic mass is 16.4. The molecule has 1 aromatic heterocycles. The number of benzene rings is 1. The summed E-state index contributed by atoms with van der Waals surface area (Å²) in [7, 11) is 2.04. The third-order valence-corrected chi connectivity index (χ3v) is 4.10. The SMILES string of the molecule is Cc1cccc2cc(C3(O)CC(C)N(C)C3)oc12. The number of fused-ring (bicyclic) bond motifs is 1. The Balaban J connectivity index is 2.07. The van der Waals surface area contributed by atoms with Crippen molar-refractivity contribution in [1.82, 2.24) is 4.90 Å². The largest absolute Gasteiger partial charge is 0.458 e. The topological polar surface area (TPSA) is 36.6 Å². The van der Waals surface area contributed by atoms with E-state index >= 15 is 0 Å². The Morgan fingerprint density at radius 1 is 1.44 bits per heavy atom. The summed E-state index contributed by atoms with van der Waals surface area (Å²) in [5.74, 6) is 0.697. The summed E-state index contributed by atoms with van der Waals surface area (Å²) >= 11 is 0. The van der Waals surface area contributed by atoms with Crippen LogP contribution in [-0.4, -0.2) is 29.6 Å². The molecule has 0 spiro atoms. The van der Waals surface area contributed by atoms with Gasteiger partial charge in [0.1, 0.15) is 16.9 Å². The van der Waals surface area contributed by atoms with Gasteiger partial charge in [-0.2, -0.15) is 0 Å². The van der Waals surface area contributed by atoms with Crippen molar-refractivity contribution in [3.05, 3.63) is 35.6 Å². The molecule has 0 radical (unpaired) electrons. The van der Waals surface area contributed by atoms with Gasteiger partial charge in [0.2, 0.25) is 0 Å². The van der Waals surface area contributed by atoms with Gasteiger partial charge >= 0.3 is 0 Å². The molecule has 1 aliphatic heterocycles. The third-order valence-electron chi connectivity index (χ3n) is 4.10. The summed E-state index contributed by atoms with van der Waals surface area (Å²) in [4.78, 5) is 2.17. The Hall–Kier alpha value is -1.32. The number of likely N-dealkylation sites (tertiary alicyclic amines) is 1. The number of aryl methyl sites for hydroxylation is 1. The zero-order valence-electron chi connectivity index (χ0n) is 11.1. The van der Waals surface area contributed by atoms with Gasteiger partial charge in [-0.1, -0.05) is 18.2 Å². The summed E-state index contributed by atoms with van der Waals surface area (Å²) in [6.07, 6.45) is 0.725. The summed E-state index contributed by atoms with van der Waals surface area (Å²) in [5.41, 5.74) is 1.16. The van der Waals surface area contributed by atoms with Crippen molar-refractivity contribution in [3.63, 3.8) is 0 Å². The van der Waals surface area contributed by atoms with Crippen molar-refractivity contribution in [2.45, 2.75) is 31.9 Å². The van der Waals surface area contributed by atoms with E-state index in [1.165, 1.54) is 0 Å². The average molecular weight is 245 g/mol. The van der Waals surface area contributed by atoms with E-state index in [1.807, 2.05) is 38.2 Å². The van der Waals surface area contributed by atoms with Crippen LogP contribution in [0.15, 0.2) is 28.7 Å². The first kappa shape index (κ1) is 11.8. The molecule has 1 saturated heterocycles. The van der Waals surface area contributed by atoms with E-state index in [9.17, 15) is 5.11 Å². The monoisotopic (exact) mass is 245 g/mol. The molecule has 0 bridgehead atoms. The molecule has 0 amide bonds. The fraction of sp³-hybridized carbons (Fsp3) is 0.467. The Labute approximate surface area is 107 Å². The number of likely N-dealkylation sites (N-methyl/N-ethyl adjacent to an activating group) is 1. The summed E-state index contributed by atoms with van der Waals surface area (Å²) in [5, 5.41) is 11.8. The minimum atomic E-state index is -0.848. The van der Waals surface area contributed by atoms with Crippen LogP contribution in [0.25, 0.3) is 11.0 Å². The molecule has 1 aromatic carbocycles. The first-order valence-electron chi connectivity index (χ1n) is 6.42. The summed E-state index contributed by atoms with van der Waals surface area (Å²) in [6.45, 7) is 4.79. The van der Waals surface area contributed by atoms with Crippen LogP contribution < -0.4 is 0 Å². The normalized spacial score (nSPS) is 29.2. The number of rotatable bonds is 1. The molecule has 2 aromatic rings. The van der Waals surface area contributed by atoms with Gasteiger partial charge in [-0.05, 0) is 38.9 Å². The number of β-amino-alcohol motifs (C(OH)–C–C–N with tert-alkyl or cyclic N) is 1. The molecule has 2 unspecified atom stereocenters. The number of nitrogens with zero attached hydrogens (tertiary/aromatic N) is 1. The zero-order chi connectivity index (χ0) is 12.9. The lowest BCUT2D eigenvalue weighted by atomic mass is 9.97. The molecule has 1 fully saturated rings. The summed E-state index contributed by atoms with van der Waals surface area (Å²) in [6, 6.07) is 8.44. The number of hydrogen-bond donors (Lipinski definition) is 1. The Bertz CT molecular complexity index is 577. The van der Waals surface area contributed by atoms with E-state index in [2.05, 4.69) is 11.8 Å². The van der Waals surface area contributed by atoms with E-state index in [0.29, 0.717) is 18.3 Å². The first-order valence-corrected chi connectivity index (χ1v) is 6.42. The number of para-hydroxylation sites is 1. The molecule has 1 aliphatic rings. The fourth-order valence-corrected chi connectivity index (χ4v) is 2.89. The van der Waals surface area contributed by atoms with E-state index < -0.39 is 5.60 Å². The van der Waals surface area contributed by atoms with Crippen LogP contribution in [0.2, 0.25) is 0 Å². The zero-order valence-corrected chi connectivity index (χ0v) is 11.1. The first-order chi connectivity index (χ1) is 8.49. The van der Waals surface area contributed by atoms with E-state index in [0.717, 1.165) is 23.0 Å². The van der Waals surface area contributed by atoms with Crippen LogP contribution >= 0.6 is 0 Å². The molecule has 3 rings (SSSR count). The van der Waals surface area contributed by atoms with Gasteiger partial charge in [-0.3, -0.25) is 0 Å². The van der Waals surface area contributed by atoms with Gasteiger partial charge in [-0.25, -0.2) is 0 Å². The van der Waals surface area contributed by atoms with Gasteiger partial charge in [0.25, 0.3) is 0 Å². The maximum atomic E-state index is 10.8. The quantitative estimate of drug-likeness (QED) is 0.839. The Kier molecular flexibility index (Phi) is 2.50. The minimum Gasteiger partial charge on any atom is -0.458 e. The smallest absolute Gasteiger partial charge is 0.138 e. The lowest BCUT2D eigenvalue weighted by Crippen LogP contribution is -2.28. The highest BCUT2D eigenvalue weighted by Crippen LogP contribution is 2.38. The predicted molar refractivity (Wildman–Crippen MR) is 71.6 cm³/mol. The van der Waals surface area contributed by atoms with Crippen molar-refractivity contribution in [2.75, 3.05) is 13.6 Å². The van der Waals surface area contributed by atoms with E-state index in [4.69, 9.17) is 4.42 Å². The molecule has 0 saturated carbocycles. The number of hydrogen-bond acceptors (Lipinski definition) is 3. The molecule has 96 valence electrons. The van der Waals surface area contributed by atoms with Crippen molar-refractivity contribution in [1.29, 1.82) is 0 Å². The van der Waals surface area contributed by atoms with Crippen LogP contribution in [0.5, 0.6) is 0 Å². The summed E-state index contributed by atoms with van der Waals surface area (Å²) < 4.78 is 5.91. The molecule has 2 atom stereocenters. The van der Waals surface area contributed by atoms with Gasteiger partial charge in [0.05, 0.1) is 0 Å². The maximum absolute atomic E-state index is 10.8. The van der Waals surface area contributed by atoms with Crippen LogP contribution in [0, 0.1) is 6.92 Å². The van der Waals surface area contributed by atoms with Gasteiger partial charge in [-0.15, -0.1) is 0 Å². The predicted octanol–water partition coefficient (Wildman–Crippen LogP) is 2.65. The minimum absolute atomic E-state index is 0.379. The third kappa shape index (κ3) is 1.66. The van der Waals surface area contributed by atoms with Gasteiger partial charge < -0.3 is 14.4 Å². The molecule has 3 nitrogen and oxygen atoms in total. The van der Waals surface area contributed by atoms with Crippen LogP contribution in [0.4, 0.5) is 0 Å². The molecular weight excluding hydrogens is 226 g/mol. The molecule has 2 heterocycles. The van der Waals surface area contributed by atoms with Crippen molar-refractivity contribution in [2.24, 2.45) is 0 Å². The molecule has 0 aliphatic carbocycles. The molecule has 3 heteroatoms. The number of aliphatic hydroxyl groups is 1.